The molecule has 3 aromatic rings. The van der Waals surface area contributed by atoms with Crippen molar-refractivity contribution in [3.63, 3.8) is 0 Å². The Kier molecular flexibility index (Phi) is 6.52. The Bertz CT molecular complexity index is 1240. The maximum Gasteiger partial charge on any atom is 0.227 e. The average Bonchev–Trinajstić information content (AvgIpc) is 3.47. The fraction of sp³-hybridized carbons (Fsp3) is 0.536. The zero-order valence-electron chi connectivity index (χ0n) is 21.1. The summed E-state index contributed by atoms with van der Waals surface area (Å²) in [4.78, 5) is 17.3. The molecule has 2 saturated carbocycles. The monoisotopic (exact) mass is 488 g/mol. The minimum Gasteiger partial charge on any atom is -0.381 e. The lowest BCUT2D eigenvalue weighted by molar-refractivity contribution is -0.117. The highest BCUT2D eigenvalue weighted by Crippen LogP contribution is 2.33. The van der Waals surface area contributed by atoms with Crippen molar-refractivity contribution in [3.05, 3.63) is 36.0 Å². The van der Waals surface area contributed by atoms with Gasteiger partial charge in [-0.25, -0.2) is 4.98 Å². The number of carbonyl (C=O) groups is 1. The van der Waals surface area contributed by atoms with Gasteiger partial charge in [-0.3, -0.25) is 4.79 Å². The molecule has 2 aliphatic carbocycles. The number of ether oxygens (including phenoxy) is 1. The SMILES string of the molecule is Cc1cc(-c2cnn3c(NCC4CCOCC4)cc(NC4CCCC4)nc23)ccc1NC(=O)C1CC1. The van der Waals surface area contributed by atoms with Crippen LogP contribution in [0.25, 0.3) is 16.8 Å². The van der Waals surface area contributed by atoms with Crippen molar-refractivity contribution in [3.8, 4) is 11.1 Å². The summed E-state index contributed by atoms with van der Waals surface area (Å²) in [6.45, 7) is 4.62. The van der Waals surface area contributed by atoms with Gasteiger partial charge in [-0.1, -0.05) is 18.9 Å². The van der Waals surface area contributed by atoms with Crippen LogP contribution in [0, 0.1) is 18.8 Å². The van der Waals surface area contributed by atoms with E-state index in [0.29, 0.717) is 12.0 Å². The van der Waals surface area contributed by atoms with Crippen molar-refractivity contribution in [2.45, 2.75) is 64.3 Å². The van der Waals surface area contributed by atoms with Crippen molar-refractivity contribution in [1.29, 1.82) is 0 Å². The summed E-state index contributed by atoms with van der Waals surface area (Å²) >= 11 is 0. The summed E-state index contributed by atoms with van der Waals surface area (Å²) in [7, 11) is 0. The number of benzene rings is 1. The smallest absolute Gasteiger partial charge is 0.227 e. The molecule has 8 heteroatoms. The van der Waals surface area contributed by atoms with Gasteiger partial charge in [-0.05, 0) is 74.6 Å². The number of carbonyl (C=O) groups excluding carboxylic acids is 1. The number of nitrogens with one attached hydrogen (secondary N) is 3. The molecule has 6 rings (SSSR count). The van der Waals surface area contributed by atoms with Crippen molar-refractivity contribution in [2.24, 2.45) is 11.8 Å². The van der Waals surface area contributed by atoms with Crippen LogP contribution < -0.4 is 16.0 Å². The molecule has 0 atom stereocenters. The zero-order valence-corrected chi connectivity index (χ0v) is 21.1. The second-order valence-electron chi connectivity index (χ2n) is 10.7. The van der Waals surface area contributed by atoms with Gasteiger partial charge in [0.2, 0.25) is 5.91 Å². The molecule has 0 radical (unpaired) electrons. The number of nitrogens with zero attached hydrogens (tertiary/aromatic N) is 3. The van der Waals surface area contributed by atoms with Crippen LogP contribution in [0.2, 0.25) is 0 Å². The average molecular weight is 489 g/mol. The summed E-state index contributed by atoms with van der Waals surface area (Å²) in [5.74, 6) is 2.78. The van der Waals surface area contributed by atoms with Crippen LogP contribution >= 0.6 is 0 Å². The van der Waals surface area contributed by atoms with E-state index in [1.807, 2.05) is 23.7 Å². The first-order valence-electron chi connectivity index (χ1n) is 13.5. The molecule has 0 unspecified atom stereocenters. The molecule has 0 bridgehead atoms. The highest BCUT2D eigenvalue weighted by molar-refractivity contribution is 5.95. The fourth-order valence-electron chi connectivity index (χ4n) is 5.40. The van der Waals surface area contributed by atoms with E-state index in [1.54, 1.807) is 0 Å². The molecule has 0 spiro atoms. The van der Waals surface area contributed by atoms with Crippen LogP contribution in [-0.4, -0.2) is 46.3 Å². The first kappa shape index (κ1) is 23.3. The minimum absolute atomic E-state index is 0.131. The molecule has 3 N–H and O–H groups in total. The Hall–Kier alpha value is -3.13. The number of amides is 1. The third kappa shape index (κ3) is 5.05. The van der Waals surface area contributed by atoms with E-state index < -0.39 is 0 Å². The molecule has 3 aliphatic rings. The quantitative estimate of drug-likeness (QED) is 0.401. The highest BCUT2D eigenvalue weighted by Gasteiger charge is 2.30. The lowest BCUT2D eigenvalue weighted by atomic mass is 10.0. The van der Waals surface area contributed by atoms with Crippen LogP contribution in [-0.2, 0) is 9.53 Å². The first-order valence-corrected chi connectivity index (χ1v) is 13.5. The Morgan fingerprint density at radius 3 is 2.64 bits per heavy atom. The van der Waals surface area contributed by atoms with Gasteiger partial charge in [0.15, 0.2) is 5.65 Å². The van der Waals surface area contributed by atoms with Gasteiger partial charge in [-0.15, -0.1) is 0 Å². The van der Waals surface area contributed by atoms with Crippen LogP contribution in [0.4, 0.5) is 17.3 Å². The molecule has 8 nitrogen and oxygen atoms in total. The Morgan fingerprint density at radius 1 is 1.08 bits per heavy atom. The molecular formula is C28H36N6O2. The molecule has 1 aliphatic heterocycles. The molecule has 2 aromatic heterocycles. The Balaban J connectivity index is 1.30. The van der Waals surface area contributed by atoms with Crippen LogP contribution in [0.15, 0.2) is 30.5 Å². The molecule has 190 valence electrons. The van der Waals surface area contributed by atoms with Gasteiger partial charge in [0.05, 0.1) is 6.20 Å². The van der Waals surface area contributed by atoms with Gasteiger partial charge in [0, 0.05) is 49.0 Å². The lowest BCUT2D eigenvalue weighted by Gasteiger charge is -2.23. The van der Waals surface area contributed by atoms with Crippen LogP contribution in [0.5, 0.6) is 0 Å². The maximum absolute atomic E-state index is 12.3. The number of hydrogen-bond donors (Lipinski definition) is 3. The highest BCUT2D eigenvalue weighted by atomic mass is 16.5. The van der Waals surface area contributed by atoms with Crippen molar-refractivity contribution < 1.29 is 9.53 Å². The number of fused-ring (bicyclic) bond motifs is 1. The van der Waals surface area contributed by atoms with Gasteiger partial charge >= 0.3 is 0 Å². The topological polar surface area (TPSA) is 92.6 Å². The van der Waals surface area contributed by atoms with Gasteiger partial charge in [-0.2, -0.15) is 9.61 Å². The first-order chi connectivity index (χ1) is 17.6. The largest absolute Gasteiger partial charge is 0.381 e. The van der Waals surface area contributed by atoms with Crippen LogP contribution in [0.3, 0.4) is 0 Å². The second kappa shape index (κ2) is 10.1. The summed E-state index contributed by atoms with van der Waals surface area (Å²) in [5, 5.41) is 15.2. The number of rotatable bonds is 8. The summed E-state index contributed by atoms with van der Waals surface area (Å²) in [6, 6.07) is 8.75. The normalized spacial score (nSPS) is 19.0. The lowest BCUT2D eigenvalue weighted by Crippen LogP contribution is -2.23. The molecule has 3 fully saturated rings. The molecule has 3 heterocycles. The van der Waals surface area contributed by atoms with Crippen molar-refractivity contribution in [1.82, 2.24) is 14.6 Å². The summed E-state index contributed by atoms with van der Waals surface area (Å²) < 4.78 is 7.46. The summed E-state index contributed by atoms with van der Waals surface area (Å²) in [6.07, 6.45) is 11.0. The number of hydrogen-bond acceptors (Lipinski definition) is 6. The third-order valence-corrected chi connectivity index (χ3v) is 7.84. The molecule has 1 aromatic carbocycles. The van der Waals surface area contributed by atoms with E-state index in [-0.39, 0.29) is 11.8 Å². The van der Waals surface area contributed by atoms with E-state index in [0.717, 1.165) is 85.1 Å². The number of aryl methyl sites for hydroxylation is 1. The number of anilines is 3. The Morgan fingerprint density at radius 2 is 1.89 bits per heavy atom. The zero-order chi connectivity index (χ0) is 24.5. The standard InChI is InChI=1S/C28H36N6O2/c1-18-14-21(8-9-24(18)32-28(35)20-6-7-20)23-17-30-34-26(29-16-19-10-12-36-13-11-19)15-25(33-27(23)34)31-22-4-2-3-5-22/h8-9,14-15,17,19-20,22,29H,2-7,10-13,16H2,1H3,(H,31,33)(H,32,35). The molecule has 1 amide bonds. The minimum atomic E-state index is 0.131. The van der Waals surface area contributed by atoms with E-state index in [4.69, 9.17) is 14.8 Å². The van der Waals surface area contributed by atoms with Gasteiger partial charge in [0.25, 0.3) is 0 Å². The predicted molar refractivity (Wildman–Crippen MR) is 142 cm³/mol. The predicted octanol–water partition coefficient (Wildman–Crippen LogP) is 5.25. The van der Waals surface area contributed by atoms with E-state index in [1.165, 1.54) is 25.7 Å². The van der Waals surface area contributed by atoms with Gasteiger partial charge < -0.3 is 20.7 Å². The molecule has 36 heavy (non-hydrogen) atoms. The fourth-order valence-corrected chi connectivity index (χ4v) is 5.40. The van der Waals surface area contributed by atoms with E-state index >= 15 is 0 Å². The number of aromatic nitrogens is 3. The van der Waals surface area contributed by atoms with Gasteiger partial charge in [0.1, 0.15) is 11.6 Å². The molecule has 1 saturated heterocycles. The van der Waals surface area contributed by atoms with Crippen LogP contribution in [0.1, 0.15) is 56.9 Å². The molecular weight excluding hydrogens is 452 g/mol. The van der Waals surface area contributed by atoms with E-state index in [9.17, 15) is 4.79 Å². The van der Waals surface area contributed by atoms with Crippen molar-refractivity contribution in [2.75, 3.05) is 35.7 Å². The second-order valence-corrected chi connectivity index (χ2v) is 10.7. The van der Waals surface area contributed by atoms with E-state index in [2.05, 4.69) is 34.1 Å². The summed E-state index contributed by atoms with van der Waals surface area (Å²) in [5.41, 5.74) is 4.79. The van der Waals surface area contributed by atoms with Crippen molar-refractivity contribution >= 4 is 28.9 Å². The maximum atomic E-state index is 12.3. The third-order valence-electron chi connectivity index (χ3n) is 7.84. The Labute approximate surface area is 212 Å².